The van der Waals surface area contributed by atoms with Gasteiger partial charge in [-0.1, -0.05) is 0 Å². The van der Waals surface area contributed by atoms with E-state index in [-0.39, 0.29) is 0 Å². The highest BCUT2D eigenvalue weighted by molar-refractivity contribution is 7.10. The summed E-state index contributed by atoms with van der Waals surface area (Å²) in [5.41, 5.74) is 7.24. The average molecular weight is 127 g/mol. The minimum absolute atomic E-state index is 0.725. The third-order valence-electron chi connectivity index (χ3n) is 1.02. The van der Waals surface area contributed by atoms with Crippen LogP contribution in [-0.2, 0) is 0 Å². The van der Waals surface area contributed by atoms with Crippen molar-refractivity contribution in [2.24, 2.45) is 0 Å². The van der Waals surface area contributed by atoms with Crippen LogP contribution in [0.25, 0.3) is 0 Å². The molecule has 0 amide bonds. The normalized spacial score (nSPS) is 9.75. The topological polar surface area (TPSA) is 38.9 Å². The number of aryl methyl sites for hydroxylation is 1. The van der Waals surface area contributed by atoms with Crippen molar-refractivity contribution in [3.8, 4) is 0 Å². The van der Waals surface area contributed by atoms with E-state index in [0.29, 0.717) is 0 Å². The van der Waals surface area contributed by atoms with Crippen LogP contribution in [0, 0.1) is 13.8 Å². The van der Waals surface area contributed by atoms with Crippen molar-refractivity contribution in [1.29, 1.82) is 0 Å². The Bertz CT molecular complexity index is 173. The number of nitrogens with two attached hydrogens (primary N) is 1. The molecule has 0 aliphatic rings. The van der Waals surface area contributed by atoms with Crippen LogP contribution >= 0.6 is 11.5 Å². The lowest BCUT2D eigenvalue weighted by atomic mass is 10.3. The summed E-state index contributed by atoms with van der Waals surface area (Å²) in [7, 11) is 0. The minimum atomic E-state index is 0.725. The van der Waals surface area contributed by atoms with E-state index in [1.807, 2.05) is 6.92 Å². The molecule has 0 saturated heterocycles. The summed E-state index contributed by atoms with van der Waals surface area (Å²) < 4.78 is 3.97. The van der Waals surface area contributed by atoms with Gasteiger partial charge in [0.2, 0.25) is 0 Å². The third-order valence-corrected chi connectivity index (χ3v) is 1.82. The maximum atomic E-state index is 5.43. The van der Waals surface area contributed by atoms with Crippen LogP contribution in [0.15, 0.2) is 0 Å². The first kappa shape index (κ1) is 5.56. The Morgan fingerprint density at radius 1 is 1.75 bits per heavy atom. The molecule has 0 spiro atoms. The zero-order chi connectivity index (χ0) is 6.15. The lowest BCUT2D eigenvalue weighted by molar-refractivity contribution is 1.32. The van der Waals surface area contributed by atoms with E-state index >= 15 is 0 Å². The van der Waals surface area contributed by atoms with Crippen molar-refractivity contribution in [2.75, 3.05) is 5.73 Å². The molecule has 0 fully saturated rings. The summed E-state index contributed by atoms with van der Waals surface area (Å²) in [6.45, 7) is 5.60. The first-order chi connectivity index (χ1) is 3.72. The first-order valence-electron chi connectivity index (χ1n) is 2.25. The molecular formula is C5H7N2S. The Morgan fingerprint density at radius 3 is 2.50 bits per heavy atom. The number of nitrogens with zero attached hydrogens (tertiary/aromatic N) is 1. The van der Waals surface area contributed by atoms with Gasteiger partial charge in [0.05, 0.1) is 5.69 Å². The predicted molar refractivity (Wildman–Crippen MR) is 35.7 cm³/mol. The molecular weight excluding hydrogens is 120 g/mol. The summed E-state index contributed by atoms with van der Waals surface area (Å²) >= 11 is 1.30. The Morgan fingerprint density at radius 2 is 2.38 bits per heavy atom. The lowest BCUT2D eigenvalue weighted by Crippen LogP contribution is -1.81. The number of hydrogen-bond donors (Lipinski definition) is 1. The molecule has 1 rings (SSSR count). The van der Waals surface area contributed by atoms with E-state index in [1.165, 1.54) is 11.5 Å². The molecule has 0 aromatic carbocycles. The smallest absolute Gasteiger partial charge is 0.110 e. The molecule has 0 aliphatic heterocycles. The molecule has 1 heterocycles. The van der Waals surface area contributed by atoms with E-state index in [0.717, 1.165) is 16.3 Å². The van der Waals surface area contributed by atoms with Crippen LogP contribution in [0.2, 0.25) is 0 Å². The van der Waals surface area contributed by atoms with Gasteiger partial charge < -0.3 is 5.73 Å². The van der Waals surface area contributed by atoms with Crippen LogP contribution < -0.4 is 5.73 Å². The fourth-order valence-electron chi connectivity index (χ4n) is 0.406. The molecule has 1 aromatic heterocycles. The van der Waals surface area contributed by atoms with Crippen molar-refractivity contribution >= 4 is 16.5 Å². The molecule has 43 valence electrons. The molecule has 0 aliphatic carbocycles. The Labute approximate surface area is 52.5 Å². The number of anilines is 1. The van der Waals surface area contributed by atoms with Crippen molar-refractivity contribution in [1.82, 2.24) is 4.37 Å². The van der Waals surface area contributed by atoms with Gasteiger partial charge in [0.25, 0.3) is 0 Å². The van der Waals surface area contributed by atoms with Gasteiger partial charge in [0.15, 0.2) is 0 Å². The highest BCUT2D eigenvalue weighted by Crippen LogP contribution is 2.17. The number of nitrogen functional groups attached to an aromatic ring is 1. The second kappa shape index (κ2) is 1.74. The molecule has 2 nitrogen and oxygen atoms in total. The number of aromatic nitrogens is 1. The second-order valence-corrected chi connectivity index (χ2v) is 2.42. The maximum absolute atomic E-state index is 5.43. The van der Waals surface area contributed by atoms with E-state index in [2.05, 4.69) is 11.3 Å². The lowest BCUT2D eigenvalue weighted by Gasteiger charge is -1.83. The number of rotatable bonds is 0. The van der Waals surface area contributed by atoms with Crippen LogP contribution in [0.5, 0.6) is 0 Å². The fourth-order valence-corrected chi connectivity index (χ4v) is 1.01. The molecule has 0 bridgehead atoms. The SMILES string of the molecule is [CH2]c1c(C)nsc1N. The average Bonchev–Trinajstić information content (AvgIpc) is 1.98. The summed E-state index contributed by atoms with van der Waals surface area (Å²) in [4.78, 5) is 0. The van der Waals surface area contributed by atoms with Crippen LogP contribution in [0.4, 0.5) is 5.00 Å². The van der Waals surface area contributed by atoms with Crippen molar-refractivity contribution in [2.45, 2.75) is 6.92 Å². The van der Waals surface area contributed by atoms with Gasteiger partial charge in [-0.25, -0.2) is 0 Å². The van der Waals surface area contributed by atoms with E-state index in [1.54, 1.807) is 0 Å². The van der Waals surface area contributed by atoms with E-state index < -0.39 is 0 Å². The quantitative estimate of drug-likeness (QED) is 0.569. The van der Waals surface area contributed by atoms with Gasteiger partial charge in [0.1, 0.15) is 5.00 Å². The summed E-state index contributed by atoms with van der Waals surface area (Å²) in [6, 6.07) is 0. The van der Waals surface area contributed by atoms with Gasteiger partial charge in [-0.2, -0.15) is 4.37 Å². The van der Waals surface area contributed by atoms with Crippen molar-refractivity contribution in [3.63, 3.8) is 0 Å². The van der Waals surface area contributed by atoms with Gasteiger partial charge in [-0.15, -0.1) is 0 Å². The molecule has 2 N–H and O–H groups in total. The number of hydrogen-bond acceptors (Lipinski definition) is 3. The predicted octanol–water partition coefficient (Wildman–Crippen LogP) is 1.22. The highest BCUT2D eigenvalue weighted by atomic mass is 32.1. The molecule has 3 heteroatoms. The van der Waals surface area contributed by atoms with Crippen molar-refractivity contribution < 1.29 is 0 Å². The van der Waals surface area contributed by atoms with E-state index in [9.17, 15) is 0 Å². The minimum Gasteiger partial charge on any atom is -0.389 e. The molecule has 1 radical (unpaired) electrons. The van der Waals surface area contributed by atoms with E-state index in [4.69, 9.17) is 5.73 Å². The van der Waals surface area contributed by atoms with Crippen LogP contribution in [-0.4, -0.2) is 4.37 Å². The van der Waals surface area contributed by atoms with Gasteiger partial charge >= 0.3 is 0 Å². The Balaban J connectivity index is 3.19. The molecule has 0 unspecified atom stereocenters. The molecule has 1 aromatic rings. The zero-order valence-electron chi connectivity index (χ0n) is 4.64. The molecule has 0 saturated carbocycles. The first-order valence-corrected chi connectivity index (χ1v) is 3.03. The zero-order valence-corrected chi connectivity index (χ0v) is 5.46. The largest absolute Gasteiger partial charge is 0.389 e. The summed E-state index contributed by atoms with van der Waals surface area (Å²) in [6.07, 6.45) is 0. The maximum Gasteiger partial charge on any atom is 0.110 e. The van der Waals surface area contributed by atoms with Gasteiger partial charge in [0, 0.05) is 5.56 Å². The Kier molecular flexibility index (Phi) is 1.21. The monoisotopic (exact) mass is 127 g/mol. The van der Waals surface area contributed by atoms with Gasteiger partial charge in [-0.3, -0.25) is 0 Å². The third kappa shape index (κ3) is 0.690. The molecule has 8 heavy (non-hydrogen) atoms. The summed E-state index contributed by atoms with van der Waals surface area (Å²) in [5.74, 6) is 0. The standard InChI is InChI=1S/C5H7N2S/c1-3-4(2)7-8-5(3)6/h1,6H2,2H3. The van der Waals surface area contributed by atoms with Gasteiger partial charge in [-0.05, 0) is 25.4 Å². The fraction of sp³-hybridized carbons (Fsp3) is 0.200. The van der Waals surface area contributed by atoms with Crippen molar-refractivity contribution in [3.05, 3.63) is 18.2 Å². The van der Waals surface area contributed by atoms with Crippen LogP contribution in [0.1, 0.15) is 11.3 Å². The summed E-state index contributed by atoms with van der Waals surface area (Å²) in [5, 5.41) is 0.725. The molecule has 0 atom stereocenters. The Hall–Kier alpha value is -0.570. The van der Waals surface area contributed by atoms with Crippen LogP contribution in [0.3, 0.4) is 0 Å². The highest BCUT2D eigenvalue weighted by Gasteiger charge is 1.98. The second-order valence-electron chi connectivity index (χ2n) is 1.61.